The molecule has 0 saturated carbocycles. The Hall–Kier alpha value is -3.60. The number of esters is 1. The van der Waals surface area contributed by atoms with Crippen LogP contribution in [0.2, 0.25) is 0 Å². The van der Waals surface area contributed by atoms with Gasteiger partial charge >= 0.3 is 5.97 Å². The quantitative estimate of drug-likeness (QED) is 0.465. The minimum absolute atomic E-state index is 0.169. The van der Waals surface area contributed by atoms with Gasteiger partial charge in [-0.2, -0.15) is 0 Å². The molecule has 2 aromatic heterocycles. The number of hydrogen-bond donors (Lipinski definition) is 0. The van der Waals surface area contributed by atoms with Crippen molar-refractivity contribution in [2.75, 3.05) is 0 Å². The van der Waals surface area contributed by atoms with Crippen molar-refractivity contribution >= 4 is 11.6 Å². The van der Waals surface area contributed by atoms with E-state index in [-0.39, 0.29) is 12.6 Å². The maximum absolute atomic E-state index is 12.4. The van der Waals surface area contributed by atoms with E-state index in [1.807, 2.05) is 66.1 Å². The molecule has 4 aromatic rings. The first kappa shape index (κ1) is 17.8. The van der Waals surface area contributed by atoms with E-state index in [0.29, 0.717) is 17.9 Å². The van der Waals surface area contributed by atoms with Crippen molar-refractivity contribution in [3.05, 3.63) is 102 Å². The summed E-state index contributed by atoms with van der Waals surface area (Å²) in [5, 5.41) is 0. The van der Waals surface area contributed by atoms with Crippen LogP contribution in [0.15, 0.2) is 79.0 Å². The van der Waals surface area contributed by atoms with Crippen LogP contribution in [-0.4, -0.2) is 15.4 Å². The predicted octanol–water partition coefficient (Wildman–Crippen LogP) is 4.58. The first-order valence-corrected chi connectivity index (χ1v) is 9.07. The average Bonchev–Trinajstić information content (AvgIpc) is 3.06. The van der Waals surface area contributed by atoms with Crippen molar-refractivity contribution in [1.82, 2.24) is 9.38 Å². The molecule has 0 atom stereocenters. The molecule has 5 heteroatoms. The lowest BCUT2D eigenvalue weighted by molar-refractivity contribution is 0.0466. The fraction of sp³-hybridized carbons (Fsp3) is 0.130. The summed E-state index contributed by atoms with van der Waals surface area (Å²) >= 11 is 0. The molecule has 0 radical (unpaired) electrons. The molecule has 0 unspecified atom stereocenters. The number of pyridine rings is 1. The average molecular weight is 372 g/mol. The second kappa shape index (κ2) is 7.96. The highest BCUT2D eigenvalue weighted by Crippen LogP contribution is 2.17. The van der Waals surface area contributed by atoms with Gasteiger partial charge in [-0.25, -0.2) is 9.78 Å². The van der Waals surface area contributed by atoms with Crippen LogP contribution in [0.4, 0.5) is 0 Å². The normalized spacial score (nSPS) is 10.8. The number of nitrogens with zero attached hydrogens (tertiary/aromatic N) is 2. The maximum Gasteiger partial charge on any atom is 0.338 e. The zero-order chi connectivity index (χ0) is 19.3. The minimum Gasteiger partial charge on any atom is -0.489 e. The third-order valence-corrected chi connectivity index (χ3v) is 4.51. The van der Waals surface area contributed by atoms with E-state index in [9.17, 15) is 4.79 Å². The van der Waals surface area contributed by atoms with Crippen molar-refractivity contribution < 1.29 is 14.3 Å². The van der Waals surface area contributed by atoms with Gasteiger partial charge in [-0.1, -0.05) is 36.4 Å². The van der Waals surface area contributed by atoms with Crippen molar-refractivity contribution in [1.29, 1.82) is 0 Å². The van der Waals surface area contributed by atoms with Gasteiger partial charge in [0.1, 0.15) is 24.6 Å². The van der Waals surface area contributed by atoms with E-state index in [0.717, 1.165) is 22.6 Å². The fourth-order valence-electron chi connectivity index (χ4n) is 2.98. The predicted molar refractivity (Wildman–Crippen MR) is 106 cm³/mol. The number of hydrogen-bond acceptors (Lipinski definition) is 4. The van der Waals surface area contributed by atoms with E-state index in [4.69, 9.17) is 9.47 Å². The van der Waals surface area contributed by atoms with Crippen molar-refractivity contribution in [3.8, 4) is 5.75 Å². The number of benzene rings is 2. The lowest BCUT2D eigenvalue weighted by Crippen LogP contribution is -2.07. The van der Waals surface area contributed by atoms with Gasteiger partial charge in [0.25, 0.3) is 0 Å². The first-order chi connectivity index (χ1) is 13.7. The molecule has 2 heterocycles. The molecular weight excluding hydrogens is 352 g/mol. The van der Waals surface area contributed by atoms with E-state index in [1.54, 1.807) is 24.3 Å². The molecule has 0 amide bonds. The molecule has 4 rings (SSSR count). The van der Waals surface area contributed by atoms with Gasteiger partial charge in [-0.15, -0.1) is 0 Å². The van der Waals surface area contributed by atoms with Gasteiger partial charge in [0.2, 0.25) is 0 Å². The third kappa shape index (κ3) is 3.88. The van der Waals surface area contributed by atoms with Gasteiger partial charge in [-0.3, -0.25) is 0 Å². The Labute approximate surface area is 163 Å². The molecule has 0 spiro atoms. The van der Waals surface area contributed by atoms with Crippen LogP contribution in [0, 0.1) is 6.92 Å². The number of aromatic nitrogens is 2. The number of carbonyl (C=O) groups is 1. The van der Waals surface area contributed by atoms with Gasteiger partial charge in [-0.05, 0) is 48.9 Å². The largest absolute Gasteiger partial charge is 0.489 e. The lowest BCUT2D eigenvalue weighted by atomic mass is 10.2. The Kier molecular flexibility index (Phi) is 5.06. The van der Waals surface area contributed by atoms with Crippen molar-refractivity contribution in [3.63, 3.8) is 0 Å². The summed E-state index contributed by atoms with van der Waals surface area (Å²) < 4.78 is 13.2. The lowest BCUT2D eigenvalue weighted by Gasteiger charge is -2.08. The molecule has 0 aliphatic rings. The van der Waals surface area contributed by atoms with Crippen LogP contribution < -0.4 is 4.74 Å². The summed E-state index contributed by atoms with van der Waals surface area (Å²) in [6.45, 7) is 2.56. The Morgan fingerprint density at radius 3 is 2.46 bits per heavy atom. The van der Waals surface area contributed by atoms with E-state index < -0.39 is 0 Å². The van der Waals surface area contributed by atoms with Gasteiger partial charge < -0.3 is 13.9 Å². The highest BCUT2D eigenvalue weighted by molar-refractivity contribution is 5.89. The zero-order valence-corrected chi connectivity index (χ0v) is 15.5. The molecule has 28 heavy (non-hydrogen) atoms. The summed E-state index contributed by atoms with van der Waals surface area (Å²) in [7, 11) is 0. The van der Waals surface area contributed by atoms with E-state index >= 15 is 0 Å². The molecule has 0 bridgehead atoms. The van der Waals surface area contributed by atoms with Crippen LogP contribution >= 0.6 is 0 Å². The van der Waals surface area contributed by atoms with Crippen LogP contribution in [0.25, 0.3) is 5.65 Å². The summed E-state index contributed by atoms with van der Waals surface area (Å²) in [6, 6.07) is 22.7. The Balaban J connectivity index is 1.37. The molecular formula is C23H20N2O3. The van der Waals surface area contributed by atoms with E-state index in [2.05, 4.69) is 4.98 Å². The number of fused-ring (bicyclic) bond motifs is 1. The molecule has 0 aliphatic heterocycles. The van der Waals surface area contributed by atoms with Gasteiger partial charge in [0, 0.05) is 6.20 Å². The van der Waals surface area contributed by atoms with Crippen LogP contribution in [0.1, 0.15) is 27.3 Å². The molecule has 0 fully saturated rings. The summed E-state index contributed by atoms with van der Waals surface area (Å²) in [6.07, 6.45) is 1.91. The van der Waals surface area contributed by atoms with Crippen molar-refractivity contribution in [2.24, 2.45) is 0 Å². The number of rotatable bonds is 6. The number of aryl methyl sites for hydroxylation is 1. The number of imidazole rings is 1. The summed E-state index contributed by atoms with van der Waals surface area (Å²) in [5.41, 5.74) is 4.13. The Bertz CT molecular complexity index is 1090. The Morgan fingerprint density at radius 2 is 1.68 bits per heavy atom. The van der Waals surface area contributed by atoms with Crippen LogP contribution in [-0.2, 0) is 18.0 Å². The Morgan fingerprint density at radius 1 is 0.929 bits per heavy atom. The zero-order valence-electron chi connectivity index (χ0n) is 15.5. The monoisotopic (exact) mass is 372 g/mol. The second-order valence-corrected chi connectivity index (χ2v) is 6.45. The highest BCUT2D eigenvalue weighted by Gasteiger charge is 2.12. The van der Waals surface area contributed by atoms with Gasteiger partial charge in [0.05, 0.1) is 17.0 Å². The fourth-order valence-corrected chi connectivity index (χ4v) is 2.98. The molecule has 0 N–H and O–H groups in total. The minimum atomic E-state index is -0.375. The molecule has 0 aliphatic carbocycles. The molecule has 0 saturated heterocycles. The summed E-state index contributed by atoms with van der Waals surface area (Å²) in [4.78, 5) is 16.9. The number of ether oxygens (including phenoxy) is 2. The van der Waals surface area contributed by atoms with E-state index in [1.165, 1.54) is 0 Å². The van der Waals surface area contributed by atoms with Gasteiger partial charge in [0.15, 0.2) is 0 Å². The molecule has 5 nitrogen and oxygen atoms in total. The summed E-state index contributed by atoms with van der Waals surface area (Å²) in [5.74, 6) is 0.331. The maximum atomic E-state index is 12.4. The topological polar surface area (TPSA) is 52.8 Å². The van der Waals surface area contributed by atoms with Crippen LogP contribution in [0.5, 0.6) is 5.75 Å². The number of carbonyl (C=O) groups excluding carboxylic acids is 1. The SMILES string of the molecule is Cc1nc2ccccn2c1COC(=O)c1ccc(OCc2ccccc2)cc1. The second-order valence-electron chi connectivity index (χ2n) is 6.45. The highest BCUT2D eigenvalue weighted by atomic mass is 16.5. The molecule has 140 valence electrons. The third-order valence-electron chi connectivity index (χ3n) is 4.51. The standard InChI is InChI=1S/C23H20N2O3/c1-17-21(25-14-6-5-9-22(25)24-17)16-28-23(26)19-10-12-20(13-11-19)27-15-18-7-3-2-4-8-18/h2-14H,15-16H2,1H3. The molecule has 2 aromatic carbocycles. The smallest absolute Gasteiger partial charge is 0.338 e. The van der Waals surface area contributed by atoms with Crippen LogP contribution in [0.3, 0.4) is 0 Å². The van der Waals surface area contributed by atoms with Crippen molar-refractivity contribution in [2.45, 2.75) is 20.1 Å². The first-order valence-electron chi connectivity index (χ1n) is 9.07.